The van der Waals surface area contributed by atoms with Gasteiger partial charge in [0.05, 0.1) is 6.04 Å². The molecule has 4 fully saturated rings. The summed E-state index contributed by atoms with van der Waals surface area (Å²) in [5, 5.41) is 10.9. The number of rotatable bonds is 1. The molecule has 0 aromatic heterocycles. The number of nitrogens with zero attached hydrogens (tertiary/aromatic N) is 1. The number of nitrogens with two attached hydrogens (primary N) is 1. The van der Waals surface area contributed by atoms with Gasteiger partial charge >= 0.3 is 0 Å². The molecule has 0 amide bonds. The summed E-state index contributed by atoms with van der Waals surface area (Å²) >= 11 is 0. The topological polar surface area (TPSA) is 69.2 Å². The quantitative estimate of drug-likeness (QED) is 0.455. The number of hydrogen-bond acceptors (Lipinski definition) is 3. The van der Waals surface area contributed by atoms with Crippen LogP contribution in [0.4, 0.5) is 0 Å². The second-order valence-electron chi connectivity index (χ2n) is 4.49. The van der Waals surface area contributed by atoms with Crippen molar-refractivity contribution in [3.63, 3.8) is 0 Å². The van der Waals surface area contributed by atoms with Crippen molar-refractivity contribution >= 4 is 0 Å². The molecule has 5 atom stereocenters. The molecule has 0 aromatic carbocycles. The Morgan fingerprint density at radius 1 is 1.58 bits per heavy atom. The molecule has 3 unspecified atom stereocenters. The first-order chi connectivity index (χ1) is 5.68. The van der Waals surface area contributed by atoms with Gasteiger partial charge in [-0.1, -0.05) is 0 Å². The van der Waals surface area contributed by atoms with E-state index < -0.39 is 5.54 Å². The van der Waals surface area contributed by atoms with E-state index >= 15 is 0 Å². The van der Waals surface area contributed by atoms with Crippen LogP contribution in [0.15, 0.2) is 0 Å². The fraction of sp³-hybridized carbons (Fsp3) is 1.00. The summed E-state index contributed by atoms with van der Waals surface area (Å²) in [5.41, 5.74) is 5.15. The summed E-state index contributed by atoms with van der Waals surface area (Å²) < 4.78 is 0. The van der Waals surface area contributed by atoms with Gasteiger partial charge in [-0.25, -0.2) is 0 Å². The Labute approximate surface area is 70.3 Å². The second kappa shape index (κ2) is 1.66. The molecule has 4 bridgehead atoms. The number of nitro groups is 1. The van der Waals surface area contributed by atoms with Gasteiger partial charge in [-0.05, 0) is 24.7 Å². The van der Waals surface area contributed by atoms with Gasteiger partial charge in [0.25, 0.3) is 0 Å². The van der Waals surface area contributed by atoms with Crippen molar-refractivity contribution in [2.24, 2.45) is 23.5 Å². The summed E-state index contributed by atoms with van der Waals surface area (Å²) in [5.74, 6) is 1.57. The molecule has 12 heavy (non-hydrogen) atoms. The fourth-order valence-electron chi connectivity index (χ4n) is 3.74. The SMILES string of the molecule is NC1[C@H]2C3CCC1([N+](=O)[O-])[C@@H]2C3. The monoisotopic (exact) mass is 168 g/mol. The summed E-state index contributed by atoms with van der Waals surface area (Å²) in [4.78, 5) is 10.8. The maximum Gasteiger partial charge on any atom is 0.240 e. The van der Waals surface area contributed by atoms with Gasteiger partial charge in [-0.15, -0.1) is 0 Å². The van der Waals surface area contributed by atoms with Crippen LogP contribution < -0.4 is 5.73 Å². The Balaban J connectivity index is 2.00. The van der Waals surface area contributed by atoms with Crippen LogP contribution in [0, 0.1) is 27.9 Å². The summed E-state index contributed by atoms with van der Waals surface area (Å²) in [6.45, 7) is 0. The molecule has 4 aliphatic rings. The second-order valence-corrected chi connectivity index (χ2v) is 4.49. The highest BCUT2D eigenvalue weighted by molar-refractivity contribution is 5.23. The lowest BCUT2D eigenvalue weighted by molar-refractivity contribution is -0.630. The molecule has 2 N–H and O–H groups in total. The van der Waals surface area contributed by atoms with E-state index in [0.717, 1.165) is 25.2 Å². The molecule has 4 saturated carbocycles. The molecule has 4 aliphatic carbocycles. The zero-order valence-electron chi connectivity index (χ0n) is 6.77. The van der Waals surface area contributed by atoms with Crippen LogP contribution in [0.3, 0.4) is 0 Å². The molecule has 0 saturated heterocycles. The highest BCUT2D eigenvalue weighted by Crippen LogP contribution is 2.67. The van der Waals surface area contributed by atoms with E-state index in [9.17, 15) is 10.1 Å². The largest absolute Gasteiger partial charge is 0.321 e. The van der Waals surface area contributed by atoms with Crippen LogP contribution >= 0.6 is 0 Å². The first kappa shape index (κ1) is 6.83. The van der Waals surface area contributed by atoms with E-state index in [-0.39, 0.29) is 11.0 Å². The lowest BCUT2D eigenvalue weighted by Gasteiger charge is -2.68. The molecule has 0 radical (unpaired) electrons. The number of fused-ring (bicyclic) bond motifs is 1. The zero-order valence-corrected chi connectivity index (χ0v) is 6.77. The van der Waals surface area contributed by atoms with Crippen molar-refractivity contribution in [3.8, 4) is 0 Å². The molecule has 4 heteroatoms. The first-order valence-corrected chi connectivity index (χ1v) is 4.58. The summed E-state index contributed by atoms with van der Waals surface area (Å²) in [6.07, 6.45) is 2.84. The Morgan fingerprint density at radius 2 is 2.33 bits per heavy atom. The minimum atomic E-state index is -0.695. The van der Waals surface area contributed by atoms with Gasteiger partial charge in [0.2, 0.25) is 5.54 Å². The maximum atomic E-state index is 10.9. The van der Waals surface area contributed by atoms with Gasteiger partial charge in [-0.2, -0.15) is 0 Å². The predicted octanol–water partition coefficient (Wildman–Crippen LogP) is 0.389. The summed E-state index contributed by atoms with van der Waals surface area (Å²) in [6, 6.07) is -0.134. The van der Waals surface area contributed by atoms with Crippen molar-refractivity contribution in [3.05, 3.63) is 10.1 Å². The van der Waals surface area contributed by atoms with Gasteiger partial charge in [-0.3, -0.25) is 10.1 Å². The average Bonchev–Trinajstić information content (AvgIpc) is 2.03. The Bertz CT molecular complexity index is 258. The van der Waals surface area contributed by atoms with Crippen molar-refractivity contribution in [2.75, 3.05) is 0 Å². The average molecular weight is 168 g/mol. The van der Waals surface area contributed by atoms with E-state index in [2.05, 4.69) is 0 Å². The minimum Gasteiger partial charge on any atom is -0.321 e. The molecule has 4 nitrogen and oxygen atoms in total. The van der Waals surface area contributed by atoms with Crippen LogP contribution in [0.25, 0.3) is 0 Å². The Hall–Kier alpha value is -0.640. The minimum absolute atomic E-state index is 0.103. The Morgan fingerprint density at radius 3 is 2.67 bits per heavy atom. The van der Waals surface area contributed by atoms with Crippen LogP contribution in [-0.2, 0) is 0 Å². The summed E-state index contributed by atoms with van der Waals surface area (Å²) in [7, 11) is 0. The van der Waals surface area contributed by atoms with Crippen LogP contribution in [-0.4, -0.2) is 16.5 Å². The molecule has 0 spiro atoms. The highest BCUT2D eigenvalue weighted by Gasteiger charge is 2.78. The Kier molecular flexibility index (Phi) is 0.947. The smallest absolute Gasteiger partial charge is 0.240 e. The molecule has 0 aliphatic heterocycles. The van der Waals surface area contributed by atoms with E-state index in [1.54, 1.807) is 0 Å². The molecular weight excluding hydrogens is 156 g/mol. The highest BCUT2D eigenvalue weighted by atomic mass is 16.6. The van der Waals surface area contributed by atoms with Crippen molar-refractivity contribution in [1.82, 2.24) is 0 Å². The fourth-order valence-corrected chi connectivity index (χ4v) is 3.74. The standard InChI is InChI=1S/C8H12N2O2/c9-7-6-4-1-2-8(7,10(11)12)5(6)3-4/h4-7H,1-3,9H2/t4?,5-,6+,7?,8?/m1/s1. The van der Waals surface area contributed by atoms with Gasteiger partial charge < -0.3 is 5.73 Å². The zero-order chi connectivity index (χ0) is 8.51. The third-order valence-electron chi connectivity index (χ3n) is 4.46. The molecule has 66 valence electrons. The maximum absolute atomic E-state index is 10.9. The van der Waals surface area contributed by atoms with Gasteiger partial charge in [0.15, 0.2) is 0 Å². The number of hydrogen-bond donors (Lipinski definition) is 1. The molecular formula is C8H12N2O2. The molecule has 0 aromatic rings. The van der Waals surface area contributed by atoms with E-state index in [1.165, 1.54) is 0 Å². The molecule has 4 rings (SSSR count). The van der Waals surface area contributed by atoms with Crippen molar-refractivity contribution in [1.29, 1.82) is 0 Å². The van der Waals surface area contributed by atoms with Crippen LogP contribution in [0.2, 0.25) is 0 Å². The lowest BCUT2D eigenvalue weighted by atomic mass is 9.36. The van der Waals surface area contributed by atoms with E-state index in [0.29, 0.717) is 11.8 Å². The van der Waals surface area contributed by atoms with Crippen LogP contribution in [0.5, 0.6) is 0 Å². The van der Waals surface area contributed by atoms with E-state index in [4.69, 9.17) is 5.73 Å². The van der Waals surface area contributed by atoms with Gasteiger partial charge in [0, 0.05) is 17.3 Å². The van der Waals surface area contributed by atoms with Crippen molar-refractivity contribution in [2.45, 2.75) is 30.8 Å². The van der Waals surface area contributed by atoms with E-state index in [1.807, 2.05) is 0 Å². The molecule has 0 heterocycles. The van der Waals surface area contributed by atoms with Crippen molar-refractivity contribution < 1.29 is 4.92 Å². The first-order valence-electron chi connectivity index (χ1n) is 4.58. The third-order valence-corrected chi connectivity index (χ3v) is 4.46. The third kappa shape index (κ3) is 0.422. The van der Waals surface area contributed by atoms with Crippen LogP contribution in [0.1, 0.15) is 19.3 Å². The lowest BCUT2D eigenvalue weighted by Crippen LogP contribution is -2.82. The predicted molar refractivity (Wildman–Crippen MR) is 42.0 cm³/mol. The normalized spacial score (nSPS) is 60.1. The van der Waals surface area contributed by atoms with Gasteiger partial charge in [0.1, 0.15) is 0 Å².